The van der Waals surface area contributed by atoms with Gasteiger partial charge in [0.05, 0.1) is 11.4 Å². The van der Waals surface area contributed by atoms with Crippen LogP contribution in [0.4, 0.5) is 4.39 Å². The second-order valence-electron chi connectivity index (χ2n) is 8.65. The fourth-order valence-electron chi connectivity index (χ4n) is 4.43. The summed E-state index contributed by atoms with van der Waals surface area (Å²) in [6, 6.07) is 7.79. The highest BCUT2D eigenvalue weighted by Crippen LogP contribution is 2.40. The average Bonchev–Trinajstić information content (AvgIpc) is 3.08. The van der Waals surface area contributed by atoms with E-state index >= 15 is 0 Å². The van der Waals surface area contributed by atoms with E-state index in [9.17, 15) is 14.3 Å². The van der Waals surface area contributed by atoms with Gasteiger partial charge in [0.2, 0.25) is 0 Å². The molecule has 0 bridgehead atoms. The Hall–Kier alpha value is -2.84. The maximum Gasteiger partial charge on any atom is 0.354 e. The molecule has 1 saturated carbocycles. The number of halogens is 1. The van der Waals surface area contributed by atoms with Gasteiger partial charge in [0.1, 0.15) is 5.82 Å². The second-order valence-corrected chi connectivity index (χ2v) is 8.65. The van der Waals surface area contributed by atoms with Gasteiger partial charge < -0.3 is 10.0 Å². The van der Waals surface area contributed by atoms with Gasteiger partial charge in [-0.15, -0.1) is 0 Å². The first kappa shape index (κ1) is 20.1. The third kappa shape index (κ3) is 3.81. The van der Waals surface area contributed by atoms with Crippen molar-refractivity contribution in [3.8, 4) is 5.69 Å². The standard InChI is InChI=1S/C23H26FN5O2/c1-27-9-11-28(12-10-27)14-16-13-19(23(30)31)25-22-20(16)21(15-3-2-4-15)26-29(22)18-7-5-17(24)6-8-18/h5-8,13,15H,2-4,9-12,14H2,1H3,(H,30,31). The van der Waals surface area contributed by atoms with Crippen molar-refractivity contribution in [3.63, 3.8) is 0 Å². The lowest BCUT2D eigenvalue weighted by atomic mass is 9.81. The number of pyridine rings is 1. The SMILES string of the molecule is CN1CCN(Cc2cc(C(=O)O)nc3c2c(C2CCC2)nn3-c2ccc(F)cc2)CC1. The summed E-state index contributed by atoms with van der Waals surface area (Å²) in [4.78, 5) is 21.0. The van der Waals surface area contributed by atoms with E-state index in [1.165, 1.54) is 18.6 Å². The summed E-state index contributed by atoms with van der Waals surface area (Å²) in [5.74, 6) is -1.03. The van der Waals surface area contributed by atoms with Crippen molar-refractivity contribution in [1.82, 2.24) is 24.6 Å². The zero-order chi connectivity index (χ0) is 21.5. The highest BCUT2D eigenvalue weighted by atomic mass is 19.1. The monoisotopic (exact) mass is 423 g/mol. The first-order chi connectivity index (χ1) is 15.0. The number of piperazine rings is 1. The van der Waals surface area contributed by atoms with Gasteiger partial charge in [-0.2, -0.15) is 5.10 Å². The lowest BCUT2D eigenvalue weighted by Gasteiger charge is -2.32. The smallest absolute Gasteiger partial charge is 0.354 e. The molecule has 162 valence electrons. The van der Waals surface area contributed by atoms with Gasteiger partial charge in [0.15, 0.2) is 11.3 Å². The third-order valence-corrected chi connectivity index (χ3v) is 6.52. The summed E-state index contributed by atoms with van der Waals surface area (Å²) in [5, 5.41) is 15.6. The molecular formula is C23H26FN5O2. The van der Waals surface area contributed by atoms with E-state index < -0.39 is 5.97 Å². The van der Waals surface area contributed by atoms with Crippen LogP contribution in [0.25, 0.3) is 16.7 Å². The van der Waals surface area contributed by atoms with Crippen LogP contribution >= 0.6 is 0 Å². The minimum absolute atomic E-state index is 0.0139. The van der Waals surface area contributed by atoms with Gasteiger partial charge in [-0.1, -0.05) is 6.42 Å². The zero-order valence-electron chi connectivity index (χ0n) is 17.6. The normalized spacial score (nSPS) is 18.4. The number of carbonyl (C=O) groups is 1. The molecule has 0 spiro atoms. The van der Waals surface area contributed by atoms with Crippen molar-refractivity contribution in [3.05, 3.63) is 53.1 Å². The molecule has 2 aromatic heterocycles. The number of benzene rings is 1. The molecule has 1 aromatic carbocycles. The summed E-state index contributed by atoms with van der Waals surface area (Å²) in [7, 11) is 2.12. The van der Waals surface area contributed by atoms with Gasteiger partial charge in [0, 0.05) is 44.0 Å². The molecule has 3 heterocycles. The molecule has 1 N–H and O–H groups in total. The van der Waals surface area contributed by atoms with Crippen LogP contribution in [-0.2, 0) is 6.54 Å². The Bertz CT molecular complexity index is 1120. The Morgan fingerprint density at radius 2 is 1.87 bits per heavy atom. The minimum atomic E-state index is -1.06. The topological polar surface area (TPSA) is 74.5 Å². The van der Waals surface area contributed by atoms with Crippen LogP contribution < -0.4 is 0 Å². The van der Waals surface area contributed by atoms with Gasteiger partial charge in [0.25, 0.3) is 0 Å². The number of nitrogens with zero attached hydrogens (tertiary/aromatic N) is 5. The number of aromatic nitrogens is 3. The summed E-state index contributed by atoms with van der Waals surface area (Å²) < 4.78 is 15.2. The fourth-order valence-corrected chi connectivity index (χ4v) is 4.43. The van der Waals surface area contributed by atoms with E-state index in [0.717, 1.165) is 55.7 Å². The largest absolute Gasteiger partial charge is 0.477 e. The van der Waals surface area contributed by atoms with Gasteiger partial charge in [-0.05, 0) is 55.8 Å². The maximum absolute atomic E-state index is 13.5. The zero-order valence-corrected chi connectivity index (χ0v) is 17.6. The van der Waals surface area contributed by atoms with E-state index in [0.29, 0.717) is 23.8 Å². The van der Waals surface area contributed by atoms with Crippen molar-refractivity contribution in [2.24, 2.45) is 0 Å². The van der Waals surface area contributed by atoms with Crippen LogP contribution in [0, 0.1) is 5.82 Å². The molecule has 7 nitrogen and oxygen atoms in total. The summed E-state index contributed by atoms with van der Waals surface area (Å²) >= 11 is 0. The van der Waals surface area contributed by atoms with Gasteiger partial charge in [-0.3, -0.25) is 4.90 Å². The van der Waals surface area contributed by atoms with E-state index in [-0.39, 0.29) is 11.5 Å². The molecule has 0 unspecified atom stereocenters. The number of carboxylic acids is 1. The number of carboxylic acid groups (broad SMARTS) is 1. The summed E-state index contributed by atoms with van der Waals surface area (Å²) in [6.07, 6.45) is 3.32. The van der Waals surface area contributed by atoms with Crippen LogP contribution in [0.2, 0.25) is 0 Å². The van der Waals surface area contributed by atoms with Gasteiger partial charge in [-0.25, -0.2) is 18.9 Å². The highest BCUT2D eigenvalue weighted by Gasteiger charge is 2.29. The van der Waals surface area contributed by atoms with Crippen LogP contribution in [0.5, 0.6) is 0 Å². The predicted octanol–water partition coefficient (Wildman–Crippen LogP) is 3.27. The van der Waals surface area contributed by atoms with E-state index in [4.69, 9.17) is 5.10 Å². The lowest BCUT2D eigenvalue weighted by Crippen LogP contribution is -2.43. The second kappa shape index (κ2) is 8.01. The molecular weight excluding hydrogens is 397 g/mol. The molecule has 2 aliphatic rings. The molecule has 3 aromatic rings. The molecule has 0 amide bonds. The lowest BCUT2D eigenvalue weighted by molar-refractivity contribution is 0.0690. The Labute approximate surface area is 180 Å². The Morgan fingerprint density at radius 3 is 2.48 bits per heavy atom. The van der Waals surface area contributed by atoms with Crippen LogP contribution in [0.15, 0.2) is 30.3 Å². The number of hydrogen-bond acceptors (Lipinski definition) is 5. The third-order valence-electron chi connectivity index (χ3n) is 6.52. The van der Waals surface area contributed by atoms with E-state index in [2.05, 4.69) is 21.8 Å². The predicted molar refractivity (Wildman–Crippen MR) is 115 cm³/mol. The fraction of sp³-hybridized carbons (Fsp3) is 0.435. The van der Waals surface area contributed by atoms with Crippen molar-refractivity contribution in [2.45, 2.75) is 31.7 Å². The number of hydrogen-bond donors (Lipinski definition) is 1. The van der Waals surface area contributed by atoms with E-state index in [1.54, 1.807) is 22.9 Å². The van der Waals surface area contributed by atoms with Crippen molar-refractivity contribution < 1.29 is 14.3 Å². The number of rotatable bonds is 5. The molecule has 8 heteroatoms. The van der Waals surface area contributed by atoms with Crippen LogP contribution in [0.3, 0.4) is 0 Å². The number of aromatic carboxylic acids is 1. The van der Waals surface area contributed by atoms with E-state index in [1.807, 2.05) is 0 Å². The maximum atomic E-state index is 13.5. The van der Waals surface area contributed by atoms with Gasteiger partial charge >= 0.3 is 5.97 Å². The van der Waals surface area contributed by atoms with Crippen molar-refractivity contribution in [1.29, 1.82) is 0 Å². The minimum Gasteiger partial charge on any atom is -0.477 e. The first-order valence-corrected chi connectivity index (χ1v) is 10.8. The molecule has 31 heavy (non-hydrogen) atoms. The molecule has 0 atom stereocenters. The highest BCUT2D eigenvalue weighted by molar-refractivity contribution is 5.92. The van der Waals surface area contributed by atoms with Crippen LogP contribution in [-0.4, -0.2) is 68.9 Å². The summed E-state index contributed by atoms with van der Waals surface area (Å²) in [5.41, 5.74) is 3.18. The molecule has 1 aliphatic heterocycles. The molecule has 1 aliphatic carbocycles. The molecule has 1 saturated heterocycles. The molecule has 5 rings (SSSR count). The van der Waals surface area contributed by atoms with Crippen LogP contribution in [0.1, 0.15) is 46.9 Å². The van der Waals surface area contributed by atoms with Crippen molar-refractivity contribution in [2.75, 3.05) is 33.2 Å². The van der Waals surface area contributed by atoms with Crippen molar-refractivity contribution >= 4 is 17.0 Å². The Kier molecular flexibility index (Phi) is 5.19. The summed E-state index contributed by atoms with van der Waals surface area (Å²) in [6.45, 7) is 4.53. The molecule has 0 radical (unpaired) electrons. The quantitative estimate of drug-likeness (QED) is 0.679. The number of likely N-dealkylation sites (N-methyl/N-ethyl adjacent to an activating group) is 1. The molecule has 2 fully saturated rings. The number of fused-ring (bicyclic) bond motifs is 1. The Balaban J connectivity index is 1.67. The average molecular weight is 423 g/mol. The first-order valence-electron chi connectivity index (χ1n) is 10.8. The Morgan fingerprint density at radius 1 is 1.16 bits per heavy atom.